The highest BCUT2D eigenvalue weighted by atomic mass is 16.2. The molecule has 2 N–H and O–H groups in total. The molecule has 0 fully saturated rings. The van der Waals surface area contributed by atoms with Crippen LogP contribution in [0.25, 0.3) is 0 Å². The van der Waals surface area contributed by atoms with Gasteiger partial charge in [0.2, 0.25) is 5.91 Å². The van der Waals surface area contributed by atoms with E-state index in [-0.39, 0.29) is 11.9 Å². The maximum Gasteiger partial charge on any atom is 0.239 e. The second kappa shape index (κ2) is 6.00. The molecule has 1 amide bonds. The smallest absolute Gasteiger partial charge is 0.239 e. The normalized spacial score (nSPS) is 12.7. The number of amides is 1. The molecule has 3 heteroatoms. The van der Waals surface area contributed by atoms with Gasteiger partial charge in [0.1, 0.15) is 0 Å². The average Bonchev–Trinajstić information content (AvgIpc) is 2.04. The Morgan fingerprint density at radius 3 is 2.42 bits per heavy atom. The molecule has 1 atom stereocenters. The van der Waals surface area contributed by atoms with E-state index in [9.17, 15) is 4.79 Å². The number of likely N-dealkylation sites (N-methyl/N-ethyl adjacent to an activating group) is 1. The Hall–Kier alpha value is -0.570. The van der Waals surface area contributed by atoms with Crippen LogP contribution in [-0.2, 0) is 4.79 Å². The van der Waals surface area contributed by atoms with Gasteiger partial charge in [-0.05, 0) is 12.8 Å². The summed E-state index contributed by atoms with van der Waals surface area (Å²) in [5, 5.41) is 0. The minimum absolute atomic E-state index is 0.0682. The third-order valence-electron chi connectivity index (χ3n) is 1.85. The summed E-state index contributed by atoms with van der Waals surface area (Å²) in [6.07, 6.45) is 2.74. The molecule has 0 heterocycles. The lowest BCUT2D eigenvalue weighted by Gasteiger charge is -2.20. The highest BCUT2D eigenvalue weighted by Gasteiger charge is 2.15. The summed E-state index contributed by atoms with van der Waals surface area (Å²) in [6, 6.07) is -0.299. The lowest BCUT2D eigenvalue weighted by Crippen LogP contribution is -2.41. The van der Waals surface area contributed by atoms with Crippen LogP contribution in [0.1, 0.15) is 33.1 Å². The molecule has 0 aromatic carbocycles. The maximum absolute atomic E-state index is 11.4. The molecule has 0 saturated heterocycles. The first-order valence-corrected chi connectivity index (χ1v) is 4.64. The zero-order valence-electron chi connectivity index (χ0n) is 8.34. The van der Waals surface area contributed by atoms with E-state index in [2.05, 4.69) is 6.92 Å². The standard InChI is InChI=1S/C9H20N2O/c1-4-6-8(10)9(12)11(3)7-5-2/h8H,4-7,10H2,1-3H3. The first-order valence-electron chi connectivity index (χ1n) is 4.64. The highest BCUT2D eigenvalue weighted by molar-refractivity contribution is 5.81. The molecule has 1 unspecified atom stereocenters. The molecule has 3 nitrogen and oxygen atoms in total. The number of hydrogen-bond donors (Lipinski definition) is 1. The molecule has 0 aliphatic carbocycles. The molecule has 0 saturated carbocycles. The van der Waals surface area contributed by atoms with E-state index in [4.69, 9.17) is 5.73 Å². The van der Waals surface area contributed by atoms with Gasteiger partial charge in [-0.3, -0.25) is 4.79 Å². The van der Waals surface area contributed by atoms with Crippen molar-refractivity contribution in [2.75, 3.05) is 13.6 Å². The van der Waals surface area contributed by atoms with Gasteiger partial charge in [-0.25, -0.2) is 0 Å². The fourth-order valence-electron chi connectivity index (χ4n) is 1.16. The monoisotopic (exact) mass is 172 g/mol. The van der Waals surface area contributed by atoms with E-state index in [1.54, 1.807) is 11.9 Å². The SMILES string of the molecule is CCCC(N)C(=O)N(C)CCC. The quantitative estimate of drug-likeness (QED) is 0.672. The summed E-state index contributed by atoms with van der Waals surface area (Å²) in [4.78, 5) is 13.1. The van der Waals surface area contributed by atoms with Crippen molar-refractivity contribution in [3.63, 3.8) is 0 Å². The van der Waals surface area contributed by atoms with Crippen molar-refractivity contribution in [3.8, 4) is 0 Å². The predicted molar refractivity (Wildman–Crippen MR) is 50.8 cm³/mol. The molecule has 12 heavy (non-hydrogen) atoms. The molecule has 0 spiro atoms. The summed E-state index contributed by atoms with van der Waals surface area (Å²) in [6.45, 7) is 4.89. The first kappa shape index (κ1) is 11.4. The summed E-state index contributed by atoms with van der Waals surface area (Å²) in [7, 11) is 1.81. The van der Waals surface area contributed by atoms with Crippen LogP contribution in [0, 0.1) is 0 Å². The van der Waals surface area contributed by atoms with Gasteiger partial charge >= 0.3 is 0 Å². The van der Waals surface area contributed by atoms with Crippen molar-refractivity contribution in [2.45, 2.75) is 39.2 Å². The third kappa shape index (κ3) is 3.72. The Bertz CT molecular complexity index is 122. The van der Waals surface area contributed by atoms with Crippen LogP contribution in [0.4, 0.5) is 0 Å². The largest absolute Gasteiger partial charge is 0.344 e. The van der Waals surface area contributed by atoms with Crippen molar-refractivity contribution in [2.24, 2.45) is 5.73 Å². The predicted octanol–water partition coefficient (Wildman–Crippen LogP) is 0.982. The molecule has 0 aromatic rings. The van der Waals surface area contributed by atoms with Crippen molar-refractivity contribution < 1.29 is 4.79 Å². The molecule has 72 valence electrons. The molecule has 0 aliphatic rings. The molecule has 0 aromatic heterocycles. The van der Waals surface area contributed by atoms with Crippen molar-refractivity contribution in [1.29, 1.82) is 0 Å². The zero-order valence-corrected chi connectivity index (χ0v) is 8.34. The van der Waals surface area contributed by atoms with Gasteiger partial charge in [-0.1, -0.05) is 20.3 Å². The molecular weight excluding hydrogens is 152 g/mol. The average molecular weight is 172 g/mol. The first-order chi connectivity index (χ1) is 5.63. The number of carbonyl (C=O) groups is 1. The highest BCUT2D eigenvalue weighted by Crippen LogP contribution is 1.98. The Labute approximate surface area is 74.9 Å². The lowest BCUT2D eigenvalue weighted by molar-refractivity contribution is -0.131. The zero-order chi connectivity index (χ0) is 9.56. The Morgan fingerprint density at radius 1 is 1.42 bits per heavy atom. The van der Waals surface area contributed by atoms with E-state index >= 15 is 0 Å². The lowest BCUT2D eigenvalue weighted by atomic mass is 10.1. The Balaban J connectivity index is 3.82. The molecule has 0 bridgehead atoms. The van der Waals surface area contributed by atoms with Gasteiger partial charge in [-0.2, -0.15) is 0 Å². The number of carbonyl (C=O) groups excluding carboxylic acids is 1. The van der Waals surface area contributed by atoms with E-state index in [1.807, 2.05) is 6.92 Å². The topological polar surface area (TPSA) is 46.3 Å². The molecule has 0 aliphatic heterocycles. The fraction of sp³-hybridized carbons (Fsp3) is 0.889. The van der Waals surface area contributed by atoms with Gasteiger partial charge in [-0.15, -0.1) is 0 Å². The van der Waals surface area contributed by atoms with Crippen LogP contribution in [-0.4, -0.2) is 30.4 Å². The second-order valence-electron chi connectivity index (χ2n) is 3.15. The van der Waals surface area contributed by atoms with Crippen molar-refractivity contribution in [1.82, 2.24) is 4.90 Å². The number of hydrogen-bond acceptors (Lipinski definition) is 2. The number of rotatable bonds is 5. The molecule has 0 rings (SSSR count). The summed E-state index contributed by atoms with van der Waals surface area (Å²) in [5.41, 5.74) is 5.67. The summed E-state index contributed by atoms with van der Waals surface area (Å²) < 4.78 is 0. The van der Waals surface area contributed by atoms with Crippen LogP contribution >= 0.6 is 0 Å². The van der Waals surface area contributed by atoms with Crippen molar-refractivity contribution >= 4 is 5.91 Å². The Kier molecular flexibility index (Phi) is 5.72. The summed E-state index contributed by atoms with van der Waals surface area (Å²) >= 11 is 0. The van der Waals surface area contributed by atoms with Gasteiger partial charge in [0.15, 0.2) is 0 Å². The van der Waals surface area contributed by atoms with E-state index in [1.165, 1.54) is 0 Å². The molecular formula is C9H20N2O. The fourth-order valence-corrected chi connectivity index (χ4v) is 1.16. The minimum Gasteiger partial charge on any atom is -0.344 e. The number of nitrogens with two attached hydrogens (primary N) is 1. The van der Waals surface area contributed by atoms with E-state index in [0.717, 1.165) is 25.8 Å². The van der Waals surface area contributed by atoms with E-state index in [0.29, 0.717) is 0 Å². The second-order valence-corrected chi connectivity index (χ2v) is 3.15. The van der Waals surface area contributed by atoms with Crippen LogP contribution < -0.4 is 5.73 Å². The molecule has 0 radical (unpaired) electrons. The van der Waals surface area contributed by atoms with Crippen LogP contribution in [0.2, 0.25) is 0 Å². The van der Waals surface area contributed by atoms with Crippen LogP contribution in [0.3, 0.4) is 0 Å². The van der Waals surface area contributed by atoms with Crippen molar-refractivity contribution in [3.05, 3.63) is 0 Å². The Morgan fingerprint density at radius 2 is 2.00 bits per heavy atom. The third-order valence-corrected chi connectivity index (χ3v) is 1.85. The summed E-state index contributed by atoms with van der Waals surface area (Å²) in [5.74, 6) is 0.0682. The van der Waals surface area contributed by atoms with Gasteiger partial charge < -0.3 is 10.6 Å². The van der Waals surface area contributed by atoms with Gasteiger partial charge in [0, 0.05) is 13.6 Å². The minimum atomic E-state index is -0.299. The number of nitrogens with zero attached hydrogens (tertiary/aromatic N) is 1. The van der Waals surface area contributed by atoms with Gasteiger partial charge in [0.05, 0.1) is 6.04 Å². The van der Waals surface area contributed by atoms with Crippen LogP contribution in [0.5, 0.6) is 0 Å². The van der Waals surface area contributed by atoms with Gasteiger partial charge in [0.25, 0.3) is 0 Å². The van der Waals surface area contributed by atoms with Crippen LogP contribution in [0.15, 0.2) is 0 Å². The van der Waals surface area contributed by atoms with E-state index < -0.39 is 0 Å². The maximum atomic E-state index is 11.4.